The van der Waals surface area contributed by atoms with Gasteiger partial charge < -0.3 is 11.5 Å². The van der Waals surface area contributed by atoms with E-state index in [0.717, 1.165) is 0 Å². The zero-order valence-corrected chi connectivity index (χ0v) is 7.60. The summed E-state index contributed by atoms with van der Waals surface area (Å²) in [6.07, 6.45) is 0. The van der Waals surface area contributed by atoms with Gasteiger partial charge in [-0.15, -0.1) is 0 Å². The Labute approximate surface area is 80.4 Å². The van der Waals surface area contributed by atoms with Crippen LogP contribution in [0.3, 0.4) is 0 Å². The molecule has 0 aromatic rings. The van der Waals surface area contributed by atoms with Gasteiger partial charge in [-0.25, -0.2) is 0 Å². The van der Waals surface area contributed by atoms with Gasteiger partial charge >= 0.3 is 33.3 Å². The van der Waals surface area contributed by atoms with Crippen molar-refractivity contribution in [2.75, 3.05) is 0 Å². The molecule has 0 fully saturated rings. The van der Waals surface area contributed by atoms with Crippen molar-refractivity contribution in [3.8, 4) is 0 Å². The largest absolute Gasteiger partial charge is 0 e. The average molecular weight is 210 g/mol. The first-order chi connectivity index (χ1) is 3.15. The normalized spacial score (nSPS) is 5.75. The molecule has 0 aromatic carbocycles. The number of hydrogen-bond donors (Lipinski definition) is 2. The molecule has 0 saturated carbocycles. The summed E-state index contributed by atoms with van der Waals surface area (Å²) < 4.78 is 0. The fourth-order valence-electron chi connectivity index (χ4n) is 0. The maximum absolute atomic E-state index is 4.76. The summed E-state index contributed by atoms with van der Waals surface area (Å²) >= 11 is 4.29. The predicted molar refractivity (Wildman–Crippen MR) is 38.4 cm³/mol. The van der Waals surface area contributed by atoms with Crippen molar-refractivity contribution in [3.63, 3.8) is 0 Å². The molecule has 0 unspecified atom stereocenters. The molecular weight excluding hydrogens is 206 g/mol. The molecule has 0 heterocycles. The van der Waals surface area contributed by atoms with Crippen molar-refractivity contribution in [3.05, 3.63) is 0 Å². The van der Waals surface area contributed by atoms with Crippen LogP contribution >= 0.6 is 32.4 Å². The Kier molecular flexibility index (Phi) is 31.9. The van der Waals surface area contributed by atoms with Crippen LogP contribution in [-0.4, -0.2) is 24.0 Å². The molecule has 7 heteroatoms. The zero-order chi connectivity index (χ0) is 6.28. The fraction of sp³-hybridized carbons (Fsp3) is 0. The van der Waals surface area contributed by atoms with Crippen LogP contribution in [0, 0.1) is 0 Å². The van der Waals surface area contributed by atoms with Crippen molar-refractivity contribution in [2.24, 2.45) is 11.5 Å². The van der Waals surface area contributed by atoms with E-state index < -0.39 is 0 Å². The van der Waals surface area contributed by atoms with Crippen LogP contribution in [0.4, 0.5) is 0 Å². The molecule has 0 rings (SSSR count). The molecule has 0 aliphatic heterocycles. The maximum atomic E-state index is 4.76. The minimum absolute atomic E-state index is 0. The minimum Gasteiger partial charge on any atom is 0 e. The summed E-state index contributed by atoms with van der Waals surface area (Å²) in [5, 5.41) is 0.000000000000000222. The van der Waals surface area contributed by atoms with Crippen LogP contribution in [0.15, 0.2) is 0 Å². The first-order valence-electron chi connectivity index (χ1n) is 1.05. The molecule has 0 saturated heterocycles. The van der Waals surface area contributed by atoms with E-state index in [1.54, 1.807) is 0 Å². The first-order valence-corrected chi connectivity index (χ1v) is 4.50. The molecule has 0 atom stereocenters. The quantitative estimate of drug-likeness (QED) is 0.442. The number of nitrogens with two attached hydrogens (primary N) is 2. The number of halogens is 2. The number of rotatable bonds is 0. The summed E-state index contributed by atoms with van der Waals surface area (Å²) in [6.45, 7) is 0. The summed E-state index contributed by atoms with van der Waals surface area (Å²) in [7, 11) is 9.53. The van der Waals surface area contributed by atoms with Gasteiger partial charge in [0.25, 0.3) is 0 Å². The van der Waals surface area contributed by atoms with Gasteiger partial charge in [0.15, 0.2) is 5.11 Å². The Bertz CT molecular complexity index is 51.3. The van der Waals surface area contributed by atoms with Crippen LogP contribution < -0.4 is 11.5 Å². The van der Waals surface area contributed by atoms with Crippen molar-refractivity contribution in [1.82, 2.24) is 0 Å². The van der Waals surface area contributed by atoms with Crippen molar-refractivity contribution < 1.29 is 13.1 Å². The Morgan fingerprint density at radius 1 is 1.38 bits per heavy atom. The predicted octanol–water partition coefficient (Wildman–Crippen LogP) is 0.184. The number of thiocarbonyl (C=S) groups is 1. The van der Waals surface area contributed by atoms with E-state index in [0.29, 0.717) is 0 Å². The molecule has 0 aliphatic carbocycles. The number of hydrogen-bond acceptors (Lipinski definition) is 1. The monoisotopic (exact) mass is 209 g/mol. The van der Waals surface area contributed by atoms with E-state index in [2.05, 4.69) is 23.7 Å². The third-order valence-corrected chi connectivity index (χ3v) is 0. The molecule has 0 amide bonds. The van der Waals surface area contributed by atoms with Crippen LogP contribution in [0.5, 0.6) is 0 Å². The van der Waals surface area contributed by atoms with Crippen molar-refractivity contribution >= 4 is 56.4 Å². The van der Waals surface area contributed by atoms with Gasteiger partial charge in [0, 0.05) is 18.9 Å². The molecule has 0 aliphatic rings. The Balaban J connectivity index is -0.0000000575. The topological polar surface area (TPSA) is 52.0 Å². The van der Waals surface area contributed by atoms with Crippen LogP contribution in [0.25, 0.3) is 0 Å². The van der Waals surface area contributed by atoms with Gasteiger partial charge in [0.05, 0.1) is 0 Å². The maximum Gasteiger partial charge on any atom is 0 e. The Morgan fingerprint density at radius 2 is 1.38 bits per heavy atom. The third kappa shape index (κ3) is 157. The second-order valence-electron chi connectivity index (χ2n) is 0.453. The summed E-state index contributed by atoms with van der Waals surface area (Å²) in [5.74, 6) is 0. The average Bonchev–Trinajstić information content (AvgIpc) is 1.33. The van der Waals surface area contributed by atoms with E-state index in [1.165, 1.54) is 0 Å². The van der Waals surface area contributed by atoms with E-state index >= 15 is 0 Å². The SMILES string of the molecule is NC(N)=S.[Cl][Fe][Cl].[Li]. The summed E-state index contributed by atoms with van der Waals surface area (Å²) in [4.78, 5) is 0. The Morgan fingerprint density at radius 3 is 1.38 bits per heavy atom. The minimum atomic E-state index is 0. The van der Waals surface area contributed by atoms with E-state index in [4.69, 9.17) is 20.2 Å². The second kappa shape index (κ2) is 15.8. The van der Waals surface area contributed by atoms with Crippen LogP contribution in [0.2, 0.25) is 0 Å². The molecule has 2 nitrogen and oxygen atoms in total. The summed E-state index contributed by atoms with van der Waals surface area (Å²) in [5.41, 5.74) is 9.24. The van der Waals surface area contributed by atoms with Crippen molar-refractivity contribution in [1.29, 1.82) is 0 Å². The molecule has 4 N–H and O–H groups in total. The van der Waals surface area contributed by atoms with Gasteiger partial charge in [0.2, 0.25) is 0 Å². The Hall–Kier alpha value is 1.39. The van der Waals surface area contributed by atoms with E-state index in [-0.39, 0.29) is 37.1 Å². The van der Waals surface area contributed by atoms with E-state index in [1.807, 2.05) is 0 Å². The van der Waals surface area contributed by atoms with E-state index in [9.17, 15) is 0 Å². The molecule has 8 heavy (non-hydrogen) atoms. The molecule has 0 spiro atoms. The van der Waals surface area contributed by atoms with Gasteiger partial charge in [-0.3, -0.25) is 0 Å². The van der Waals surface area contributed by atoms with Gasteiger partial charge in [-0.05, 0) is 12.2 Å². The second-order valence-corrected chi connectivity index (χ2v) is 2.75. The molecule has 0 aromatic heterocycles. The zero-order valence-electron chi connectivity index (χ0n) is 4.17. The first kappa shape index (κ1) is 16.2. The fourth-order valence-corrected chi connectivity index (χ4v) is 0. The summed E-state index contributed by atoms with van der Waals surface area (Å²) in [6, 6.07) is 0. The van der Waals surface area contributed by atoms with Crippen LogP contribution in [-0.2, 0) is 13.1 Å². The van der Waals surface area contributed by atoms with Gasteiger partial charge in [-0.2, -0.15) is 0 Å². The van der Waals surface area contributed by atoms with Crippen molar-refractivity contribution in [2.45, 2.75) is 0 Å². The standard InChI is InChI=1S/CH4N2S.2ClH.Fe.Li/c2-1(3)4;;;;/h(H4,2,3,4);2*1H;;/q;;;+2;/p-2. The van der Waals surface area contributed by atoms with Crippen LogP contribution in [0.1, 0.15) is 0 Å². The molecule has 47 valence electrons. The van der Waals surface area contributed by atoms with Gasteiger partial charge in [0.1, 0.15) is 0 Å². The van der Waals surface area contributed by atoms with Gasteiger partial charge in [-0.1, -0.05) is 0 Å². The molecule has 1 radical (unpaired) electrons. The molecule has 0 bridgehead atoms. The smallest absolute Gasteiger partial charge is 0 e. The molecular formula is CH4Cl2FeLiN2S. The third-order valence-electron chi connectivity index (χ3n) is 0.